The molecule has 1 heterocycles. The van der Waals surface area contributed by atoms with Gasteiger partial charge in [-0.25, -0.2) is 0 Å². The summed E-state index contributed by atoms with van der Waals surface area (Å²) in [6.07, 6.45) is 1.25. The predicted octanol–water partition coefficient (Wildman–Crippen LogP) is 2.42. The number of nitrogens with zero attached hydrogens (tertiary/aromatic N) is 2. The van der Waals surface area contributed by atoms with Crippen molar-refractivity contribution in [3.05, 3.63) is 29.3 Å². The topological polar surface area (TPSA) is 87.2 Å². The van der Waals surface area contributed by atoms with Gasteiger partial charge in [0.15, 0.2) is 6.10 Å². The Bertz CT molecular complexity index is 696. The molecule has 8 heteroatoms. The van der Waals surface area contributed by atoms with Crippen LogP contribution < -0.4 is 4.74 Å². The van der Waals surface area contributed by atoms with Crippen molar-refractivity contribution in [1.82, 2.24) is 9.80 Å². The first-order valence-electron chi connectivity index (χ1n) is 8.98. The summed E-state index contributed by atoms with van der Waals surface area (Å²) in [7, 11) is 0. The zero-order valence-corrected chi connectivity index (χ0v) is 16.3. The van der Waals surface area contributed by atoms with Gasteiger partial charge in [0.05, 0.1) is 0 Å². The number of carbonyl (C=O) groups excluding carboxylic acids is 2. The van der Waals surface area contributed by atoms with Crippen molar-refractivity contribution in [3.63, 3.8) is 0 Å². The molecule has 148 valence electrons. The van der Waals surface area contributed by atoms with Crippen LogP contribution in [0.4, 0.5) is 0 Å². The van der Waals surface area contributed by atoms with Crippen LogP contribution in [0.1, 0.15) is 33.1 Å². The number of likely N-dealkylation sites (tertiary alicyclic amines) is 1. The number of benzene rings is 1. The number of carboxylic acids is 1. The number of halogens is 1. The molecule has 0 bridgehead atoms. The Balaban J connectivity index is 1.96. The molecule has 0 aliphatic carbocycles. The Morgan fingerprint density at radius 2 is 2.07 bits per heavy atom. The molecule has 2 rings (SSSR count). The second-order valence-electron chi connectivity index (χ2n) is 6.67. The molecule has 2 atom stereocenters. The molecule has 1 aromatic rings. The zero-order valence-electron chi connectivity index (χ0n) is 15.6. The van der Waals surface area contributed by atoms with E-state index in [-0.39, 0.29) is 24.4 Å². The molecule has 1 N–H and O–H groups in total. The lowest BCUT2D eigenvalue weighted by Gasteiger charge is -2.29. The van der Waals surface area contributed by atoms with Gasteiger partial charge in [0.2, 0.25) is 5.91 Å². The van der Waals surface area contributed by atoms with Gasteiger partial charge in [-0.2, -0.15) is 0 Å². The molecular formula is C19H25ClN2O5. The zero-order chi connectivity index (χ0) is 20.0. The van der Waals surface area contributed by atoms with Crippen molar-refractivity contribution in [3.8, 4) is 5.75 Å². The number of ether oxygens (including phenoxy) is 1. The Morgan fingerprint density at radius 3 is 2.70 bits per heavy atom. The van der Waals surface area contributed by atoms with Crippen LogP contribution >= 0.6 is 11.6 Å². The lowest BCUT2D eigenvalue weighted by molar-refractivity contribution is -0.145. The normalized spacial score (nSPS) is 18.3. The summed E-state index contributed by atoms with van der Waals surface area (Å²) in [5.74, 6) is -0.908. The van der Waals surface area contributed by atoms with E-state index in [1.54, 1.807) is 36.1 Å². The van der Waals surface area contributed by atoms with Gasteiger partial charge in [0.1, 0.15) is 12.3 Å². The van der Waals surface area contributed by atoms with Crippen LogP contribution in [0, 0.1) is 0 Å². The van der Waals surface area contributed by atoms with Gasteiger partial charge in [-0.05, 0) is 44.4 Å². The first-order valence-corrected chi connectivity index (χ1v) is 9.35. The first-order chi connectivity index (χ1) is 12.8. The standard InChI is InChI=1S/C19H25ClN2O5/c1-13(27-17-7-3-5-15(20)11-17)19(26)21-9-4-6-16(8-10-21)22(14(2)23)12-18(24)25/h3,5,7,11,13,16H,4,6,8-10,12H2,1-2H3,(H,24,25). The molecule has 0 spiro atoms. The van der Waals surface area contributed by atoms with E-state index in [1.807, 2.05) is 0 Å². The molecular weight excluding hydrogens is 372 g/mol. The maximum absolute atomic E-state index is 12.7. The molecule has 7 nitrogen and oxygen atoms in total. The summed E-state index contributed by atoms with van der Waals surface area (Å²) < 4.78 is 5.70. The fourth-order valence-electron chi connectivity index (χ4n) is 3.31. The maximum atomic E-state index is 12.7. The number of aliphatic carboxylic acids is 1. The van der Waals surface area contributed by atoms with Gasteiger partial charge in [-0.3, -0.25) is 14.4 Å². The van der Waals surface area contributed by atoms with Crippen LogP contribution in [-0.4, -0.2) is 64.5 Å². The quantitative estimate of drug-likeness (QED) is 0.797. The van der Waals surface area contributed by atoms with Gasteiger partial charge in [-0.15, -0.1) is 0 Å². The predicted molar refractivity (Wildman–Crippen MR) is 101 cm³/mol. The largest absolute Gasteiger partial charge is 0.481 e. The Hall–Kier alpha value is -2.28. The number of hydrogen-bond acceptors (Lipinski definition) is 4. The Morgan fingerprint density at radius 1 is 1.33 bits per heavy atom. The highest BCUT2D eigenvalue weighted by molar-refractivity contribution is 6.30. The van der Waals surface area contributed by atoms with Crippen molar-refractivity contribution in [2.24, 2.45) is 0 Å². The average molecular weight is 397 g/mol. The second kappa shape index (κ2) is 9.60. The van der Waals surface area contributed by atoms with Gasteiger partial charge in [-0.1, -0.05) is 17.7 Å². The van der Waals surface area contributed by atoms with E-state index in [0.717, 1.165) is 0 Å². The Kier molecular flexibility index (Phi) is 7.47. The minimum absolute atomic E-state index is 0.136. The third-order valence-electron chi connectivity index (χ3n) is 4.62. The number of amides is 2. The third-order valence-corrected chi connectivity index (χ3v) is 4.85. The summed E-state index contributed by atoms with van der Waals surface area (Å²) in [5, 5.41) is 9.56. The fraction of sp³-hybridized carbons (Fsp3) is 0.526. The number of rotatable bonds is 6. The van der Waals surface area contributed by atoms with Crippen LogP contribution in [0.3, 0.4) is 0 Å². The molecule has 2 amide bonds. The summed E-state index contributed by atoms with van der Waals surface area (Å²) in [6.45, 7) is 3.76. The van der Waals surface area contributed by atoms with Gasteiger partial charge in [0.25, 0.3) is 5.91 Å². The average Bonchev–Trinajstić information content (AvgIpc) is 2.84. The van der Waals surface area contributed by atoms with E-state index in [2.05, 4.69) is 0 Å². The monoisotopic (exact) mass is 396 g/mol. The van der Waals surface area contributed by atoms with E-state index < -0.39 is 12.1 Å². The van der Waals surface area contributed by atoms with Gasteiger partial charge in [0, 0.05) is 31.1 Å². The van der Waals surface area contributed by atoms with Crippen molar-refractivity contribution in [2.75, 3.05) is 19.6 Å². The molecule has 0 radical (unpaired) electrons. The molecule has 0 aromatic heterocycles. The van der Waals surface area contributed by atoms with Crippen molar-refractivity contribution in [2.45, 2.75) is 45.3 Å². The van der Waals surface area contributed by atoms with Crippen molar-refractivity contribution >= 4 is 29.4 Å². The summed E-state index contributed by atoms with van der Waals surface area (Å²) in [5.41, 5.74) is 0. The fourth-order valence-corrected chi connectivity index (χ4v) is 3.49. The van der Waals surface area contributed by atoms with Crippen LogP contribution in [0.5, 0.6) is 5.75 Å². The third kappa shape index (κ3) is 6.13. The van der Waals surface area contributed by atoms with Crippen LogP contribution in [0.2, 0.25) is 5.02 Å². The van der Waals surface area contributed by atoms with Crippen LogP contribution in [0.15, 0.2) is 24.3 Å². The van der Waals surface area contributed by atoms with Gasteiger partial charge >= 0.3 is 5.97 Å². The summed E-state index contributed by atoms with van der Waals surface area (Å²) in [6, 6.07) is 6.70. The molecule has 27 heavy (non-hydrogen) atoms. The van der Waals surface area contributed by atoms with Crippen molar-refractivity contribution < 1.29 is 24.2 Å². The highest BCUT2D eigenvalue weighted by atomic mass is 35.5. The van der Waals surface area contributed by atoms with Gasteiger partial charge < -0.3 is 19.6 Å². The lowest BCUT2D eigenvalue weighted by atomic mass is 10.1. The minimum Gasteiger partial charge on any atom is -0.481 e. The van der Waals surface area contributed by atoms with E-state index in [9.17, 15) is 14.4 Å². The molecule has 1 aliphatic rings. The smallest absolute Gasteiger partial charge is 0.323 e. The van der Waals surface area contributed by atoms with E-state index >= 15 is 0 Å². The van der Waals surface area contributed by atoms with Crippen molar-refractivity contribution in [1.29, 1.82) is 0 Å². The molecule has 0 saturated carbocycles. The number of carbonyl (C=O) groups is 3. The molecule has 1 aromatic carbocycles. The highest BCUT2D eigenvalue weighted by Crippen LogP contribution is 2.21. The van der Waals surface area contributed by atoms with E-state index in [4.69, 9.17) is 21.4 Å². The lowest BCUT2D eigenvalue weighted by Crippen LogP contribution is -2.44. The Labute approximate surface area is 163 Å². The van der Waals surface area contributed by atoms with E-state index in [0.29, 0.717) is 43.1 Å². The summed E-state index contributed by atoms with van der Waals surface area (Å²) in [4.78, 5) is 38.6. The number of carboxylic acid groups (broad SMARTS) is 1. The van der Waals surface area contributed by atoms with E-state index in [1.165, 1.54) is 11.8 Å². The molecule has 2 unspecified atom stereocenters. The molecule has 1 fully saturated rings. The maximum Gasteiger partial charge on any atom is 0.323 e. The SMILES string of the molecule is CC(=O)N(CC(=O)O)C1CCCN(C(=O)C(C)Oc2cccc(Cl)c2)CC1. The molecule has 1 aliphatic heterocycles. The number of hydrogen-bond donors (Lipinski definition) is 1. The molecule has 1 saturated heterocycles. The summed E-state index contributed by atoms with van der Waals surface area (Å²) >= 11 is 5.94. The first kappa shape index (κ1) is 21.0. The van der Waals surface area contributed by atoms with Crippen LogP contribution in [-0.2, 0) is 14.4 Å². The van der Waals surface area contributed by atoms with Crippen LogP contribution in [0.25, 0.3) is 0 Å². The second-order valence-corrected chi connectivity index (χ2v) is 7.10. The minimum atomic E-state index is -1.04. The highest BCUT2D eigenvalue weighted by Gasteiger charge is 2.29.